The molecule has 7 heteroatoms. The molecule has 2 rings (SSSR count). The average Bonchev–Trinajstić information content (AvgIpc) is 2.99. The lowest BCUT2D eigenvalue weighted by atomic mass is 10.2. The maximum absolute atomic E-state index is 12.4. The first-order valence-corrected chi connectivity index (χ1v) is 10.1. The van der Waals surface area contributed by atoms with Crippen molar-refractivity contribution in [3.8, 4) is 0 Å². The highest BCUT2D eigenvalue weighted by Crippen LogP contribution is 2.29. The molecule has 0 bridgehead atoms. The maximum Gasteiger partial charge on any atom is 0.339 e. The van der Waals surface area contributed by atoms with Gasteiger partial charge in [-0.05, 0) is 32.4 Å². The summed E-state index contributed by atoms with van der Waals surface area (Å²) >= 11 is 1.51. The van der Waals surface area contributed by atoms with E-state index in [9.17, 15) is 9.59 Å². The minimum Gasteiger partial charge on any atom is -0.452 e. The van der Waals surface area contributed by atoms with Crippen LogP contribution in [0.15, 0.2) is 33.7 Å². The molecule has 0 saturated carbocycles. The number of rotatable bonds is 10. The van der Waals surface area contributed by atoms with Crippen molar-refractivity contribution >= 4 is 23.6 Å². The van der Waals surface area contributed by atoms with E-state index in [0.29, 0.717) is 17.9 Å². The van der Waals surface area contributed by atoms with Gasteiger partial charge in [0.05, 0.1) is 11.3 Å². The number of amides is 1. The van der Waals surface area contributed by atoms with Gasteiger partial charge in [0.25, 0.3) is 5.91 Å². The van der Waals surface area contributed by atoms with E-state index >= 15 is 0 Å². The highest BCUT2D eigenvalue weighted by atomic mass is 32.2. The Hall–Kier alpha value is -2.28. The number of aryl methyl sites for hydroxylation is 2. The Bertz CT molecular complexity index is 754. The molecule has 0 spiro atoms. The first kappa shape index (κ1) is 21.0. The molecule has 1 N–H and O–H groups in total. The zero-order chi connectivity index (χ0) is 19.6. The quantitative estimate of drug-likeness (QED) is 0.374. The smallest absolute Gasteiger partial charge is 0.339 e. The number of unbranched alkanes of at least 4 members (excludes halogenated alkanes) is 2. The lowest BCUT2D eigenvalue weighted by Crippen LogP contribution is -2.29. The van der Waals surface area contributed by atoms with Crippen LogP contribution in [0.5, 0.6) is 0 Å². The highest BCUT2D eigenvalue weighted by Gasteiger charge is 2.16. The Morgan fingerprint density at radius 3 is 2.70 bits per heavy atom. The van der Waals surface area contributed by atoms with Gasteiger partial charge in [-0.15, -0.1) is 11.8 Å². The van der Waals surface area contributed by atoms with E-state index in [2.05, 4.69) is 17.4 Å². The summed E-state index contributed by atoms with van der Waals surface area (Å²) in [5.41, 5.74) is 2.32. The van der Waals surface area contributed by atoms with Crippen molar-refractivity contribution in [3.05, 3.63) is 46.8 Å². The molecule has 2 aromatic rings. The summed E-state index contributed by atoms with van der Waals surface area (Å²) in [5.74, 6) is 0.643. The van der Waals surface area contributed by atoms with Gasteiger partial charge in [-0.2, -0.15) is 0 Å². The van der Waals surface area contributed by atoms with Gasteiger partial charge in [0.2, 0.25) is 0 Å². The van der Waals surface area contributed by atoms with Crippen LogP contribution < -0.4 is 5.32 Å². The second kappa shape index (κ2) is 10.8. The van der Waals surface area contributed by atoms with E-state index < -0.39 is 5.97 Å². The summed E-state index contributed by atoms with van der Waals surface area (Å²) < 4.78 is 10.4. The fourth-order valence-electron chi connectivity index (χ4n) is 2.48. The number of nitrogens with zero attached hydrogens (tertiary/aromatic N) is 1. The van der Waals surface area contributed by atoms with Crippen molar-refractivity contribution < 1.29 is 18.8 Å². The summed E-state index contributed by atoms with van der Waals surface area (Å²) in [7, 11) is 0. The van der Waals surface area contributed by atoms with Crippen LogP contribution in [0, 0.1) is 13.8 Å². The van der Waals surface area contributed by atoms with E-state index in [1.54, 1.807) is 12.1 Å². The van der Waals surface area contributed by atoms with Crippen LogP contribution in [0.25, 0.3) is 0 Å². The molecule has 1 amide bonds. The predicted octanol–water partition coefficient (Wildman–Crippen LogP) is 4.05. The van der Waals surface area contributed by atoms with Crippen LogP contribution >= 0.6 is 11.8 Å². The Morgan fingerprint density at radius 1 is 1.22 bits per heavy atom. The van der Waals surface area contributed by atoms with Crippen molar-refractivity contribution in [1.29, 1.82) is 0 Å². The predicted molar refractivity (Wildman–Crippen MR) is 105 cm³/mol. The Kier molecular flexibility index (Phi) is 8.39. The van der Waals surface area contributed by atoms with Crippen molar-refractivity contribution in [3.63, 3.8) is 0 Å². The van der Waals surface area contributed by atoms with Crippen LogP contribution in [0.1, 0.15) is 53.6 Å². The number of aromatic nitrogens is 1. The number of benzene rings is 1. The minimum atomic E-state index is -0.499. The minimum absolute atomic E-state index is 0.270. The fraction of sp³-hybridized carbons (Fsp3) is 0.450. The molecule has 0 aliphatic rings. The third-order valence-corrected chi connectivity index (χ3v) is 5.20. The Balaban J connectivity index is 1.90. The van der Waals surface area contributed by atoms with Gasteiger partial charge in [0, 0.05) is 22.8 Å². The second-order valence-corrected chi connectivity index (χ2v) is 7.24. The topological polar surface area (TPSA) is 81.4 Å². The lowest BCUT2D eigenvalue weighted by Gasteiger charge is -2.10. The number of carbonyl (C=O) groups is 2. The van der Waals surface area contributed by atoms with Gasteiger partial charge in [0.1, 0.15) is 5.76 Å². The zero-order valence-corrected chi connectivity index (χ0v) is 16.9. The van der Waals surface area contributed by atoms with E-state index in [4.69, 9.17) is 9.26 Å². The van der Waals surface area contributed by atoms with E-state index in [0.717, 1.165) is 41.2 Å². The van der Waals surface area contributed by atoms with Gasteiger partial charge in [-0.25, -0.2) is 4.79 Å². The average molecular weight is 391 g/mol. The largest absolute Gasteiger partial charge is 0.452 e. The number of thioether (sulfide) groups is 1. The van der Waals surface area contributed by atoms with Crippen molar-refractivity contribution in [2.75, 3.05) is 13.2 Å². The molecule has 1 aromatic carbocycles. The van der Waals surface area contributed by atoms with Gasteiger partial charge in [0.15, 0.2) is 6.61 Å². The van der Waals surface area contributed by atoms with E-state index in [-0.39, 0.29) is 12.5 Å². The lowest BCUT2D eigenvalue weighted by molar-refractivity contribution is -0.124. The first-order chi connectivity index (χ1) is 13.0. The molecule has 27 heavy (non-hydrogen) atoms. The normalized spacial score (nSPS) is 10.6. The zero-order valence-electron chi connectivity index (χ0n) is 16.0. The molecule has 0 aliphatic carbocycles. The summed E-state index contributed by atoms with van der Waals surface area (Å²) in [6.07, 6.45) is 3.08. The highest BCUT2D eigenvalue weighted by molar-refractivity contribution is 7.98. The SMILES string of the molecule is CCCCCNC(=O)COC(=O)c1ccccc1SCc1c(C)noc1C. The number of ether oxygens (including phenoxy) is 1. The maximum atomic E-state index is 12.4. The molecular weight excluding hydrogens is 364 g/mol. The van der Waals surface area contributed by atoms with Crippen molar-refractivity contribution in [2.24, 2.45) is 0 Å². The molecule has 0 radical (unpaired) electrons. The summed E-state index contributed by atoms with van der Waals surface area (Å²) in [5, 5.41) is 6.70. The molecular formula is C20H26N2O4S. The molecule has 0 fully saturated rings. The third-order valence-electron chi connectivity index (χ3n) is 4.10. The second-order valence-electron chi connectivity index (χ2n) is 6.22. The van der Waals surface area contributed by atoms with Crippen molar-refractivity contribution in [1.82, 2.24) is 10.5 Å². The summed E-state index contributed by atoms with van der Waals surface area (Å²) in [6, 6.07) is 7.22. The third kappa shape index (κ3) is 6.43. The Labute approximate surface area is 164 Å². The molecule has 0 atom stereocenters. The molecule has 1 aromatic heterocycles. The van der Waals surface area contributed by atoms with Crippen LogP contribution in [0.4, 0.5) is 0 Å². The number of esters is 1. The van der Waals surface area contributed by atoms with E-state index in [1.165, 1.54) is 11.8 Å². The number of hydrogen-bond donors (Lipinski definition) is 1. The molecule has 0 saturated heterocycles. The van der Waals surface area contributed by atoms with Crippen LogP contribution in [-0.2, 0) is 15.3 Å². The van der Waals surface area contributed by atoms with Crippen LogP contribution in [-0.4, -0.2) is 30.2 Å². The standard InChI is InChI=1S/C20H26N2O4S/c1-4-5-8-11-21-19(23)12-25-20(24)16-9-6-7-10-18(16)27-13-17-14(2)22-26-15(17)3/h6-7,9-10H,4-5,8,11-13H2,1-3H3,(H,21,23). The molecule has 146 valence electrons. The molecule has 1 heterocycles. The van der Waals surface area contributed by atoms with Gasteiger partial charge in [-0.1, -0.05) is 37.1 Å². The van der Waals surface area contributed by atoms with Gasteiger partial charge < -0.3 is 14.6 Å². The van der Waals surface area contributed by atoms with Crippen LogP contribution in [0.3, 0.4) is 0 Å². The molecule has 0 aliphatic heterocycles. The number of nitrogens with one attached hydrogen (secondary N) is 1. The monoisotopic (exact) mass is 390 g/mol. The van der Waals surface area contributed by atoms with E-state index in [1.807, 2.05) is 26.0 Å². The number of carbonyl (C=O) groups excluding carboxylic acids is 2. The summed E-state index contributed by atoms with van der Waals surface area (Å²) in [6.45, 7) is 6.20. The number of hydrogen-bond acceptors (Lipinski definition) is 6. The summed E-state index contributed by atoms with van der Waals surface area (Å²) in [4.78, 5) is 25.0. The molecule has 6 nitrogen and oxygen atoms in total. The first-order valence-electron chi connectivity index (χ1n) is 9.10. The fourth-order valence-corrected chi connectivity index (χ4v) is 3.68. The molecule has 0 unspecified atom stereocenters. The Morgan fingerprint density at radius 2 is 2.00 bits per heavy atom. The van der Waals surface area contributed by atoms with Gasteiger partial charge in [-0.3, -0.25) is 4.79 Å². The van der Waals surface area contributed by atoms with Crippen molar-refractivity contribution in [2.45, 2.75) is 50.7 Å². The van der Waals surface area contributed by atoms with Crippen LogP contribution in [0.2, 0.25) is 0 Å². The van der Waals surface area contributed by atoms with Gasteiger partial charge >= 0.3 is 5.97 Å².